The minimum Gasteiger partial charge on any atom is -0.380 e. The summed E-state index contributed by atoms with van der Waals surface area (Å²) in [6.45, 7) is 4.33. The average molecular weight is 331 g/mol. The molecular formula is C18H25N3OS. The smallest absolute Gasteiger partial charge is 0.191 e. The molecule has 0 radical (unpaired) electrons. The standard InChI is InChI=1S/C18H25N3OS/c1-4-16-9-10-17(23-16)12-21-18(19-2)20-11-14-7-5-6-8-15(14)13-22-3/h5-10H,4,11-13H2,1-3H3,(H2,19,20,21). The van der Waals surface area contributed by atoms with Gasteiger partial charge in [0.25, 0.3) is 0 Å². The van der Waals surface area contributed by atoms with Crippen molar-refractivity contribution in [2.45, 2.75) is 33.0 Å². The van der Waals surface area contributed by atoms with Crippen molar-refractivity contribution in [1.82, 2.24) is 10.6 Å². The lowest BCUT2D eigenvalue weighted by Crippen LogP contribution is -2.36. The molecule has 0 aliphatic rings. The summed E-state index contributed by atoms with van der Waals surface area (Å²) in [7, 11) is 3.51. The van der Waals surface area contributed by atoms with E-state index in [1.807, 2.05) is 23.5 Å². The molecule has 1 heterocycles. The molecule has 2 aromatic rings. The summed E-state index contributed by atoms with van der Waals surface area (Å²) in [5, 5.41) is 6.73. The number of methoxy groups -OCH3 is 1. The Bertz CT molecular complexity index is 637. The molecule has 5 heteroatoms. The molecule has 0 aliphatic carbocycles. The predicted molar refractivity (Wildman–Crippen MR) is 97.9 cm³/mol. The van der Waals surface area contributed by atoms with Gasteiger partial charge in [-0.15, -0.1) is 11.3 Å². The Morgan fingerprint density at radius 3 is 2.39 bits per heavy atom. The second kappa shape index (κ2) is 9.33. The molecule has 2 rings (SSSR count). The van der Waals surface area contributed by atoms with Gasteiger partial charge in [0, 0.05) is 30.5 Å². The summed E-state index contributed by atoms with van der Waals surface area (Å²) in [5.74, 6) is 0.809. The zero-order valence-corrected chi connectivity index (χ0v) is 14.9. The van der Waals surface area contributed by atoms with Crippen LogP contribution in [0.25, 0.3) is 0 Å². The maximum Gasteiger partial charge on any atom is 0.191 e. The number of hydrogen-bond donors (Lipinski definition) is 2. The number of nitrogens with one attached hydrogen (secondary N) is 2. The molecule has 0 unspecified atom stereocenters. The van der Waals surface area contributed by atoms with Crippen molar-refractivity contribution in [3.8, 4) is 0 Å². The maximum absolute atomic E-state index is 5.25. The molecule has 0 spiro atoms. The van der Waals surface area contributed by atoms with E-state index in [4.69, 9.17) is 4.74 Å². The molecule has 0 saturated heterocycles. The molecule has 0 fully saturated rings. The summed E-state index contributed by atoms with van der Waals surface area (Å²) in [5.41, 5.74) is 2.42. The second-order valence-electron chi connectivity index (χ2n) is 5.20. The number of rotatable bonds is 7. The van der Waals surface area contributed by atoms with Crippen molar-refractivity contribution in [2.24, 2.45) is 4.99 Å². The van der Waals surface area contributed by atoms with Crippen LogP contribution >= 0.6 is 11.3 Å². The third kappa shape index (κ3) is 5.37. The third-order valence-electron chi connectivity index (χ3n) is 3.58. The Kier molecular flexibility index (Phi) is 7.10. The fourth-order valence-electron chi connectivity index (χ4n) is 2.30. The van der Waals surface area contributed by atoms with Gasteiger partial charge in [0.05, 0.1) is 13.2 Å². The van der Waals surface area contributed by atoms with E-state index in [1.165, 1.54) is 20.9 Å². The van der Waals surface area contributed by atoms with Crippen LogP contribution in [0.1, 0.15) is 27.8 Å². The highest BCUT2D eigenvalue weighted by Crippen LogP contribution is 2.16. The van der Waals surface area contributed by atoms with Gasteiger partial charge < -0.3 is 15.4 Å². The van der Waals surface area contributed by atoms with E-state index in [2.05, 4.69) is 46.8 Å². The molecule has 0 amide bonds. The first-order valence-corrected chi connectivity index (χ1v) is 8.66. The van der Waals surface area contributed by atoms with Crippen molar-refractivity contribution in [1.29, 1.82) is 0 Å². The fourth-order valence-corrected chi connectivity index (χ4v) is 3.20. The lowest BCUT2D eigenvalue weighted by molar-refractivity contribution is 0.184. The van der Waals surface area contributed by atoms with Crippen molar-refractivity contribution in [3.05, 3.63) is 57.3 Å². The van der Waals surface area contributed by atoms with Gasteiger partial charge in [0.1, 0.15) is 0 Å². The minimum absolute atomic E-state index is 0.624. The largest absolute Gasteiger partial charge is 0.380 e. The number of thiophene rings is 1. The van der Waals surface area contributed by atoms with Gasteiger partial charge in [0.2, 0.25) is 0 Å². The van der Waals surface area contributed by atoms with Crippen LogP contribution in [0.3, 0.4) is 0 Å². The number of benzene rings is 1. The van der Waals surface area contributed by atoms with E-state index in [-0.39, 0.29) is 0 Å². The van der Waals surface area contributed by atoms with Gasteiger partial charge in [-0.2, -0.15) is 0 Å². The van der Waals surface area contributed by atoms with E-state index in [9.17, 15) is 0 Å². The predicted octanol–water partition coefficient (Wildman–Crippen LogP) is 3.32. The lowest BCUT2D eigenvalue weighted by atomic mass is 10.1. The van der Waals surface area contributed by atoms with E-state index in [0.717, 1.165) is 25.5 Å². The van der Waals surface area contributed by atoms with Crippen molar-refractivity contribution < 1.29 is 4.74 Å². The van der Waals surface area contributed by atoms with Gasteiger partial charge in [-0.1, -0.05) is 31.2 Å². The lowest BCUT2D eigenvalue weighted by Gasteiger charge is -2.13. The Balaban J connectivity index is 1.88. The number of nitrogens with zero attached hydrogens (tertiary/aromatic N) is 1. The molecule has 0 saturated carbocycles. The van der Waals surface area contributed by atoms with Gasteiger partial charge in [0.15, 0.2) is 5.96 Å². The Morgan fingerprint density at radius 2 is 1.74 bits per heavy atom. The highest BCUT2D eigenvalue weighted by molar-refractivity contribution is 7.11. The molecule has 124 valence electrons. The molecule has 0 aliphatic heterocycles. The first kappa shape index (κ1) is 17.5. The normalized spacial score (nSPS) is 11.5. The summed E-state index contributed by atoms with van der Waals surface area (Å²) in [6, 6.07) is 12.7. The Labute approximate surface area is 142 Å². The van der Waals surface area contributed by atoms with Crippen LogP contribution in [0.15, 0.2) is 41.4 Å². The number of hydrogen-bond acceptors (Lipinski definition) is 3. The van der Waals surface area contributed by atoms with Crippen LogP contribution in [0.4, 0.5) is 0 Å². The van der Waals surface area contributed by atoms with Gasteiger partial charge in [-0.25, -0.2) is 0 Å². The molecule has 1 aromatic heterocycles. The molecule has 4 nitrogen and oxygen atoms in total. The Morgan fingerprint density at radius 1 is 1.04 bits per heavy atom. The third-order valence-corrected chi connectivity index (χ3v) is 4.81. The summed E-state index contributed by atoms with van der Waals surface area (Å²) in [4.78, 5) is 7.03. The van der Waals surface area contributed by atoms with E-state index < -0.39 is 0 Å². The van der Waals surface area contributed by atoms with Crippen LogP contribution in [-0.4, -0.2) is 20.1 Å². The molecule has 0 bridgehead atoms. The molecule has 23 heavy (non-hydrogen) atoms. The fraction of sp³-hybridized carbons (Fsp3) is 0.389. The molecule has 0 atom stereocenters. The van der Waals surface area contributed by atoms with Crippen LogP contribution < -0.4 is 10.6 Å². The summed E-state index contributed by atoms with van der Waals surface area (Å²) >= 11 is 1.85. The van der Waals surface area contributed by atoms with Crippen LogP contribution in [-0.2, 0) is 30.9 Å². The van der Waals surface area contributed by atoms with Gasteiger partial charge >= 0.3 is 0 Å². The van der Waals surface area contributed by atoms with E-state index >= 15 is 0 Å². The zero-order valence-electron chi connectivity index (χ0n) is 14.1. The van der Waals surface area contributed by atoms with Crippen molar-refractivity contribution in [3.63, 3.8) is 0 Å². The van der Waals surface area contributed by atoms with Gasteiger partial charge in [-0.3, -0.25) is 4.99 Å². The molecule has 2 N–H and O–H groups in total. The molecular weight excluding hydrogens is 306 g/mol. The number of ether oxygens (including phenoxy) is 1. The monoisotopic (exact) mass is 331 g/mol. The van der Waals surface area contributed by atoms with Crippen LogP contribution in [0.5, 0.6) is 0 Å². The van der Waals surface area contributed by atoms with Crippen molar-refractivity contribution >= 4 is 17.3 Å². The number of aryl methyl sites for hydroxylation is 1. The topological polar surface area (TPSA) is 45.7 Å². The quantitative estimate of drug-likeness (QED) is 0.604. The highest BCUT2D eigenvalue weighted by atomic mass is 32.1. The second-order valence-corrected chi connectivity index (χ2v) is 6.46. The summed E-state index contributed by atoms with van der Waals surface area (Å²) < 4.78 is 5.25. The number of aliphatic imine (C=N–C) groups is 1. The summed E-state index contributed by atoms with van der Waals surface area (Å²) in [6.07, 6.45) is 1.09. The van der Waals surface area contributed by atoms with E-state index in [0.29, 0.717) is 6.61 Å². The van der Waals surface area contributed by atoms with Crippen LogP contribution in [0.2, 0.25) is 0 Å². The first-order valence-electron chi connectivity index (χ1n) is 7.84. The average Bonchev–Trinajstić information content (AvgIpc) is 3.04. The molecule has 1 aromatic carbocycles. The first-order chi connectivity index (χ1) is 11.3. The minimum atomic E-state index is 0.624. The zero-order chi connectivity index (χ0) is 16.5. The van der Waals surface area contributed by atoms with Crippen LogP contribution in [0, 0.1) is 0 Å². The SMILES string of the molecule is CCc1ccc(CNC(=NC)NCc2ccccc2COC)s1. The number of guanidine groups is 1. The van der Waals surface area contributed by atoms with Crippen molar-refractivity contribution in [2.75, 3.05) is 14.2 Å². The van der Waals surface area contributed by atoms with Gasteiger partial charge in [-0.05, 0) is 29.7 Å². The van der Waals surface area contributed by atoms with E-state index in [1.54, 1.807) is 14.2 Å². The highest BCUT2D eigenvalue weighted by Gasteiger charge is 2.04. The Hall–Kier alpha value is -1.85. The maximum atomic E-state index is 5.25.